The molecule has 0 spiro atoms. The lowest BCUT2D eigenvalue weighted by atomic mass is 10.0. The first-order valence-corrected chi connectivity index (χ1v) is 7.54. The number of aromatic amines is 1. The molecule has 5 nitrogen and oxygen atoms in total. The van der Waals surface area contributed by atoms with Gasteiger partial charge in [-0.25, -0.2) is 0 Å². The van der Waals surface area contributed by atoms with Crippen LogP contribution in [0.5, 0.6) is 0 Å². The van der Waals surface area contributed by atoms with Gasteiger partial charge in [0, 0.05) is 29.0 Å². The molecule has 1 aromatic heterocycles. The number of halogens is 1. The van der Waals surface area contributed by atoms with E-state index in [2.05, 4.69) is 15.6 Å². The zero-order chi connectivity index (χ0) is 16.7. The first-order chi connectivity index (χ1) is 10.9. The van der Waals surface area contributed by atoms with Gasteiger partial charge in [-0.15, -0.1) is 0 Å². The molecule has 3 N–H and O–H groups in total. The summed E-state index contributed by atoms with van der Waals surface area (Å²) in [5, 5.41) is 5.99. The summed E-state index contributed by atoms with van der Waals surface area (Å²) in [6.45, 7) is 3.69. The third-order valence-electron chi connectivity index (χ3n) is 3.98. The number of nitrogens with one attached hydrogen (secondary N) is 3. The number of carbonyl (C=O) groups is 2. The Kier molecular flexibility index (Phi) is 3.74. The van der Waals surface area contributed by atoms with Crippen molar-refractivity contribution < 1.29 is 9.59 Å². The Hall–Kier alpha value is -2.53. The number of anilines is 1. The Bertz CT molecular complexity index is 865. The molecule has 0 fully saturated rings. The molecule has 2 aromatic rings. The molecule has 0 saturated carbocycles. The van der Waals surface area contributed by atoms with Gasteiger partial charge in [-0.2, -0.15) is 0 Å². The van der Waals surface area contributed by atoms with Gasteiger partial charge in [0.05, 0.1) is 16.8 Å². The van der Waals surface area contributed by atoms with Crippen LogP contribution in [0.3, 0.4) is 0 Å². The molecule has 0 aliphatic carbocycles. The van der Waals surface area contributed by atoms with Crippen LogP contribution in [0.15, 0.2) is 18.2 Å². The minimum absolute atomic E-state index is 0.149. The SMILES string of the molecule is CNC(=O)c1c(C)[nH]c(/C=C2\C(=O)Nc3cc(Cl)ccc32)c1C. The van der Waals surface area contributed by atoms with Gasteiger partial charge >= 0.3 is 0 Å². The summed E-state index contributed by atoms with van der Waals surface area (Å²) in [6, 6.07) is 5.28. The molecule has 2 heterocycles. The molecule has 118 valence electrons. The normalized spacial score (nSPS) is 14.8. The number of hydrogen-bond donors (Lipinski definition) is 3. The van der Waals surface area contributed by atoms with Gasteiger partial charge in [-0.3, -0.25) is 9.59 Å². The van der Waals surface area contributed by atoms with E-state index in [1.807, 2.05) is 19.9 Å². The molecular weight excluding hydrogens is 314 g/mol. The van der Waals surface area contributed by atoms with Crippen LogP contribution in [-0.2, 0) is 4.79 Å². The van der Waals surface area contributed by atoms with Crippen molar-refractivity contribution in [1.29, 1.82) is 0 Å². The van der Waals surface area contributed by atoms with E-state index in [0.29, 0.717) is 21.8 Å². The Morgan fingerprint density at radius 3 is 2.74 bits per heavy atom. The topological polar surface area (TPSA) is 74.0 Å². The van der Waals surface area contributed by atoms with E-state index < -0.39 is 0 Å². The molecule has 1 aromatic carbocycles. The van der Waals surface area contributed by atoms with Crippen molar-refractivity contribution in [3.63, 3.8) is 0 Å². The molecule has 0 atom stereocenters. The van der Waals surface area contributed by atoms with Crippen molar-refractivity contribution in [2.45, 2.75) is 13.8 Å². The molecule has 1 aliphatic heterocycles. The van der Waals surface area contributed by atoms with Gasteiger partial charge in [0.25, 0.3) is 11.8 Å². The number of hydrogen-bond acceptors (Lipinski definition) is 2. The Labute approximate surface area is 138 Å². The summed E-state index contributed by atoms with van der Waals surface area (Å²) >= 11 is 5.96. The van der Waals surface area contributed by atoms with Crippen LogP contribution >= 0.6 is 11.6 Å². The van der Waals surface area contributed by atoms with E-state index >= 15 is 0 Å². The Morgan fingerprint density at radius 1 is 1.30 bits per heavy atom. The fourth-order valence-electron chi connectivity index (χ4n) is 2.84. The third-order valence-corrected chi connectivity index (χ3v) is 4.22. The minimum Gasteiger partial charge on any atom is -0.358 e. The van der Waals surface area contributed by atoms with E-state index in [-0.39, 0.29) is 11.8 Å². The van der Waals surface area contributed by atoms with Crippen LogP contribution in [-0.4, -0.2) is 23.8 Å². The van der Waals surface area contributed by atoms with Crippen LogP contribution < -0.4 is 10.6 Å². The van der Waals surface area contributed by atoms with E-state index in [1.165, 1.54) is 0 Å². The third kappa shape index (κ3) is 2.53. The highest BCUT2D eigenvalue weighted by molar-refractivity contribution is 6.36. The fourth-order valence-corrected chi connectivity index (χ4v) is 3.01. The van der Waals surface area contributed by atoms with Crippen molar-refractivity contribution in [2.24, 2.45) is 0 Å². The standard InChI is InChI=1S/C17H16ClN3O2/c1-8-13(20-9(2)15(8)17(23)19-3)7-12-11-5-4-10(18)6-14(11)21-16(12)22/h4-7,20H,1-3H3,(H,19,23)(H,21,22)/b12-7-. The average molecular weight is 330 g/mol. The second-order valence-electron chi connectivity index (χ2n) is 5.44. The molecule has 0 bridgehead atoms. The number of amides is 2. The molecular formula is C17H16ClN3O2. The highest BCUT2D eigenvalue weighted by atomic mass is 35.5. The zero-order valence-corrected chi connectivity index (χ0v) is 13.8. The number of benzene rings is 1. The average Bonchev–Trinajstić information content (AvgIpc) is 2.95. The van der Waals surface area contributed by atoms with Gasteiger partial charge in [0.15, 0.2) is 0 Å². The summed E-state index contributed by atoms with van der Waals surface area (Å²) in [4.78, 5) is 27.4. The van der Waals surface area contributed by atoms with Crippen molar-refractivity contribution in [3.05, 3.63) is 51.3 Å². The van der Waals surface area contributed by atoms with Gasteiger partial charge < -0.3 is 15.6 Å². The lowest BCUT2D eigenvalue weighted by Crippen LogP contribution is -2.19. The minimum atomic E-state index is -0.185. The summed E-state index contributed by atoms with van der Waals surface area (Å²) in [6.07, 6.45) is 1.77. The number of carbonyl (C=O) groups excluding carboxylic acids is 2. The smallest absolute Gasteiger partial charge is 0.256 e. The van der Waals surface area contributed by atoms with Gasteiger partial charge in [0.2, 0.25) is 0 Å². The number of aryl methyl sites for hydroxylation is 1. The second kappa shape index (κ2) is 5.59. The second-order valence-corrected chi connectivity index (χ2v) is 5.88. The lowest BCUT2D eigenvalue weighted by Gasteiger charge is -2.01. The molecule has 0 radical (unpaired) electrons. The maximum atomic E-state index is 12.2. The van der Waals surface area contributed by atoms with Crippen LogP contribution in [0.1, 0.15) is 32.9 Å². The summed E-state index contributed by atoms with van der Waals surface area (Å²) in [7, 11) is 1.59. The van der Waals surface area contributed by atoms with Crippen LogP contribution in [0.25, 0.3) is 11.6 Å². The van der Waals surface area contributed by atoms with E-state index in [4.69, 9.17) is 11.6 Å². The van der Waals surface area contributed by atoms with Crippen LogP contribution in [0.4, 0.5) is 5.69 Å². The summed E-state index contributed by atoms with van der Waals surface area (Å²) in [5.41, 5.74) is 4.97. The van der Waals surface area contributed by atoms with Crippen molar-refractivity contribution >= 4 is 40.8 Å². The largest absolute Gasteiger partial charge is 0.358 e. The molecule has 2 amide bonds. The van der Waals surface area contributed by atoms with E-state index in [1.54, 1.807) is 25.3 Å². The summed E-state index contributed by atoms with van der Waals surface area (Å²) < 4.78 is 0. The van der Waals surface area contributed by atoms with Crippen molar-refractivity contribution in [2.75, 3.05) is 12.4 Å². The predicted molar refractivity (Wildman–Crippen MR) is 91.6 cm³/mol. The van der Waals surface area contributed by atoms with E-state index in [0.717, 1.165) is 22.5 Å². The first-order valence-electron chi connectivity index (χ1n) is 7.16. The van der Waals surface area contributed by atoms with Crippen molar-refractivity contribution in [1.82, 2.24) is 10.3 Å². The van der Waals surface area contributed by atoms with Crippen molar-refractivity contribution in [3.8, 4) is 0 Å². The Morgan fingerprint density at radius 2 is 2.04 bits per heavy atom. The predicted octanol–water partition coefficient (Wildman–Crippen LogP) is 3.14. The maximum absolute atomic E-state index is 12.2. The van der Waals surface area contributed by atoms with Crippen LogP contribution in [0.2, 0.25) is 5.02 Å². The number of rotatable bonds is 2. The monoisotopic (exact) mass is 329 g/mol. The molecule has 6 heteroatoms. The van der Waals surface area contributed by atoms with Gasteiger partial charge in [0.1, 0.15) is 0 Å². The number of fused-ring (bicyclic) bond motifs is 1. The first kappa shape index (κ1) is 15.4. The van der Waals surface area contributed by atoms with Gasteiger partial charge in [-0.1, -0.05) is 17.7 Å². The van der Waals surface area contributed by atoms with E-state index in [9.17, 15) is 9.59 Å². The molecule has 3 rings (SSSR count). The Balaban J connectivity index is 2.10. The highest BCUT2D eigenvalue weighted by Crippen LogP contribution is 2.35. The zero-order valence-electron chi connectivity index (χ0n) is 13.0. The molecule has 23 heavy (non-hydrogen) atoms. The molecule has 1 aliphatic rings. The summed E-state index contributed by atoms with van der Waals surface area (Å²) in [5.74, 6) is -0.334. The van der Waals surface area contributed by atoms with Crippen LogP contribution in [0, 0.1) is 13.8 Å². The molecule has 0 unspecified atom stereocenters. The fraction of sp³-hybridized carbons (Fsp3) is 0.176. The number of H-pyrrole nitrogens is 1. The quantitative estimate of drug-likeness (QED) is 0.740. The lowest BCUT2D eigenvalue weighted by molar-refractivity contribution is -0.110. The highest BCUT2D eigenvalue weighted by Gasteiger charge is 2.25. The maximum Gasteiger partial charge on any atom is 0.256 e. The molecule has 0 saturated heterocycles. The number of aromatic nitrogens is 1. The van der Waals surface area contributed by atoms with Gasteiger partial charge in [-0.05, 0) is 37.6 Å².